The molecular weight excluding hydrogens is 354 g/mol. The van der Waals surface area contributed by atoms with Gasteiger partial charge in [0.15, 0.2) is 0 Å². The lowest BCUT2D eigenvalue weighted by Gasteiger charge is -2.32. The van der Waals surface area contributed by atoms with Crippen molar-refractivity contribution in [1.82, 2.24) is 5.32 Å². The van der Waals surface area contributed by atoms with Gasteiger partial charge in [-0.2, -0.15) is 0 Å². The van der Waals surface area contributed by atoms with E-state index in [4.69, 9.17) is 4.74 Å². The van der Waals surface area contributed by atoms with Crippen molar-refractivity contribution in [2.75, 3.05) is 0 Å². The summed E-state index contributed by atoms with van der Waals surface area (Å²) < 4.78 is 5.33. The van der Waals surface area contributed by atoms with Gasteiger partial charge in [0.1, 0.15) is 5.76 Å². The van der Waals surface area contributed by atoms with Crippen LogP contribution in [-0.2, 0) is 14.3 Å². The molecule has 2 N–H and O–H groups in total. The lowest BCUT2D eigenvalue weighted by atomic mass is 9.84. The summed E-state index contributed by atoms with van der Waals surface area (Å²) in [6, 6.07) is 9.77. The van der Waals surface area contributed by atoms with E-state index >= 15 is 0 Å². The summed E-state index contributed by atoms with van der Waals surface area (Å²) in [5.74, 6) is -1.00. The minimum atomic E-state index is -1.36. The number of allylic oxidation sites excluding steroid dienone is 2. The van der Waals surface area contributed by atoms with E-state index in [1.807, 2.05) is 30.3 Å². The fourth-order valence-corrected chi connectivity index (χ4v) is 4.05. The second-order valence-electron chi connectivity index (χ2n) is 8.05. The Hall–Kier alpha value is -2.40. The number of carbonyl (C=O) groups is 2. The highest BCUT2D eigenvalue weighted by atomic mass is 16.5. The number of nitrogens with one attached hydrogen (secondary N) is 1. The van der Waals surface area contributed by atoms with E-state index in [2.05, 4.69) is 5.32 Å². The van der Waals surface area contributed by atoms with Crippen molar-refractivity contribution in [3.63, 3.8) is 0 Å². The Labute approximate surface area is 166 Å². The molecule has 0 bridgehead atoms. The minimum absolute atomic E-state index is 0.0855. The number of esters is 1. The van der Waals surface area contributed by atoms with Gasteiger partial charge < -0.3 is 15.2 Å². The number of hydrogen-bond donors (Lipinski definition) is 2. The van der Waals surface area contributed by atoms with Gasteiger partial charge in [-0.1, -0.05) is 55.7 Å². The van der Waals surface area contributed by atoms with Crippen molar-refractivity contribution in [2.45, 2.75) is 64.0 Å². The third kappa shape index (κ3) is 5.10. The molecule has 0 saturated heterocycles. The van der Waals surface area contributed by atoms with E-state index in [1.165, 1.54) is 13.3 Å². The standard InChI is InChI=1S/C23H29NO4/c1-16(25)28-20-13-18(17-9-5-3-6-10-17)14-21(23(2,27)15-20)22(26)24-19-11-7-4-8-12-19/h3,5-6,9-10,13-14,19,21,27H,4,7-8,11-12,15H2,1-2H3,(H,24,26)/t21-,23-/m0/s1. The third-order valence-corrected chi connectivity index (χ3v) is 5.48. The van der Waals surface area contributed by atoms with Crippen molar-refractivity contribution in [3.8, 4) is 0 Å². The first kappa shape index (κ1) is 20.3. The summed E-state index contributed by atoms with van der Waals surface area (Å²) in [4.78, 5) is 24.6. The molecule has 0 spiro atoms. The molecule has 0 aliphatic heterocycles. The van der Waals surface area contributed by atoms with Crippen LogP contribution in [0.15, 0.2) is 48.2 Å². The van der Waals surface area contributed by atoms with Gasteiger partial charge in [-0.05, 0) is 37.0 Å². The predicted molar refractivity (Wildman–Crippen MR) is 108 cm³/mol. The van der Waals surface area contributed by atoms with Crippen molar-refractivity contribution in [3.05, 3.63) is 53.8 Å². The number of carbonyl (C=O) groups excluding carboxylic acids is 2. The monoisotopic (exact) mass is 383 g/mol. The van der Waals surface area contributed by atoms with Gasteiger partial charge in [0.25, 0.3) is 0 Å². The SMILES string of the molecule is CC(=O)OC1=CC(c2ccccc2)=C[C@@H](C(=O)NC2CCCCC2)[C@@](C)(O)C1. The summed E-state index contributed by atoms with van der Waals surface area (Å²) in [5.41, 5.74) is 0.301. The fourth-order valence-electron chi connectivity index (χ4n) is 4.05. The molecule has 28 heavy (non-hydrogen) atoms. The van der Waals surface area contributed by atoms with Crippen molar-refractivity contribution < 1.29 is 19.4 Å². The first-order chi connectivity index (χ1) is 13.3. The van der Waals surface area contributed by atoms with E-state index < -0.39 is 17.5 Å². The summed E-state index contributed by atoms with van der Waals surface area (Å²) in [6.07, 6.45) is 9.04. The Kier molecular flexibility index (Phi) is 6.35. The zero-order valence-corrected chi connectivity index (χ0v) is 16.6. The molecule has 150 valence electrons. The molecule has 1 aromatic rings. The zero-order valence-electron chi connectivity index (χ0n) is 16.6. The average Bonchev–Trinajstić information content (AvgIpc) is 2.78. The summed E-state index contributed by atoms with van der Waals surface area (Å²) in [5, 5.41) is 14.2. The Morgan fingerprint density at radius 2 is 1.82 bits per heavy atom. The van der Waals surface area contributed by atoms with Gasteiger partial charge in [0.2, 0.25) is 5.91 Å². The molecule has 5 heteroatoms. The maximum atomic E-state index is 13.1. The van der Waals surface area contributed by atoms with Crippen molar-refractivity contribution >= 4 is 17.4 Å². The maximum Gasteiger partial charge on any atom is 0.307 e. The molecule has 5 nitrogen and oxygen atoms in total. The van der Waals surface area contributed by atoms with E-state index in [0.29, 0.717) is 5.76 Å². The average molecular weight is 383 g/mol. The van der Waals surface area contributed by atoms with Crippen LogP contribution in [0.5, 0.6) is 0 Å². The van der Waals surface area contributed by atoms with Gasteiger partial charge in [0, 0.05) is 19.4 Å². The van der Waals surface area contributed by atoms with E-state index in [9.17, 15) is 14.7 Å². The second-order valence-corrected chi connectivity index (χ2v) is 8.05. The highest BCUT2D eigenvalue weighted by Crippen LogP contribution is 2.35. The fraction of sp³-hybridized carbons (Fsp3) is 0.478. The molecule has 0 heterocycles. The molecular formula is C23H29NO4. The van der Waals surface area contributed by atoms with Crippen molar-refractivity contribution in [1.29, 1.82) is 0 Å². The predicted octanol–water partition coefficient (Wildman–Crippen LogP) is 3.74. The van der Waals surface area contributed by atoms with Crippen LogP contribution in [0.25, 0.3) is 5.57 Å². The van der Waals surface area contributed by atoms with Crippen LogP contribution in [0, 0.1) is 5.92 Å². The van der Waals surface area contributed by atoms with Crippen LogP contribution < -0.4 is 5.32 Å². The summed E-state index contributed by atoms with van der Waals surface area (Å²) in [6.45, 7) is 2.96. The van der Waals surface area contributed by atoms with Crippen molar-refractivity contribution in [2.24, 2.45) is 5.92 Å². The Morgan fingerprint density at radius 1 is 1.14 bits per heavy atom. The van der Waals surface area contributed by atoms with E-state index in [0.717, 1.165) is 36.8 Å². The first-order valence-corrected chi connectivity index (χ1v) is 10.0. The summed E-state index contributed by atoms with van der Waals surface area (Å²) in [7, 11) is 0. The molecule has 2 aliphatic rings. The quantitative estimate of drug-likeness (QED) is 0.777. The molecule has 1 aromatic carbocycles. The smallest absolute Gasteiger partial charge is 0.307 e. The summed E-state index contributed by atoms with van der Waals surface area (Å²) >= 11 is 0. The molecule has 0 unspecified atom stereocenters. The first-order valence-electron chi connectivity index (χ1n) is 10.0. The lowest BCUT2D eigenvalue weighted by molar-refractivity contribution is -0.138. The largest absolute Gasteiger partial charge is 0.431 e. The van der Waals surface area contributed by atoms with Crippen LogP contribution in [0.4, 0.5) is 0 Å². The molecule has 1 amide bonds. The molecule has 3 rings (SSSR count). The normalized spacial score (nSPS) is 25.9. The molecule has 0 radical (unpaired) electrons. The second kappa shape index (κ2) is 8.74. The highest BCUT2D eigenvalue weighted by molar-refractivity contribution is 5.87. The number of ether oxygens (including phenoxy) is 1. The van der Waals surface area contributed by atoms with E-state index in [1.54, 1.807) is 19.1 Å². The molecule has 2 aliphatic carbocycles. The van der Waals surface area contributed by atoms with Crippen LogP contribution in [-0.4, -0.2) is 28.6 Å². The van der Waals surface area contributed by atoms with Gasteiger partial charge in [-0.15, -0.1) is 0 Å². The van der Waals surface area contributed by atoms with Gasteiger partial charge in [-0.3, -0.25) is 9.59 Å². The number of benzene rings is 1. The van der Waals surface area contributed by atoms with Crippen LogP contribution >= 0.6 is 0 Å². The van der Waals surface area contributed by atoms with E-state index in [-0.39, 0.29) is 18.4 Å². The van der Waals surface area contributed by atoms with Gasteiger partial charge >= 0.3 is 5.97 Å². The minimum Gasteiger partial charge on any atom is -0.431 e. The number of aliphatic hydroxyl groups is 1. The molecule has 2 atom stereocenters. The Morgan fingerprint density at radius 3 is 2.46 bits per heavy atom. The van der Waals surface area contributed by atoms with Crippen LogP contribution in [0.2, 0.25) is 0 Å². The Balaban J connectivity index is 1.92. The lowest BCUT2D eigenvalue weighted by Crippen LogP contribution is -2.47. The number of hydrogen-bond acceptors (Lipinski definition) is 4. The van der Waals surface area contributed by atoms with Gasteiger partial charge in [-0.25, -0.2) is 0 Å². The zero-order chi connectivity index (χ0) is 20.1. The Bertz CT molecular complexity index is 773. The van der Waals surface area contributed by atoms with Gasteiger partial charge in [0.05, 0.1) is 11.5 Å². The topological polar surface area (TPSA) is 75.6 Å². The van der Waals surface area contributed by atoms with Crippen LogP contribution in [0.1, 0.15) is 57.9 Å². The molecule has 0 aromatic heterocycles. The molecule has 1 fully saturated rings. The third-order valence-electron chi connectivity index (χ3n) is 5.48. The highest BCUT2D eigenvalue weighted by Gasteiger charge is 2.40. The number of amides is 1. The maximum absolute atomic E-state index is 13.1. The molecule has 1 saturated carbocycles. The van der Waals surface area contributed by atoms with Crippen LogP contribution in [0.3, 0.4) is 0 Å². The number of rotatable bonds is 4.